The van der Waals surface area contributed by atoms with Gasteiger partial charge in [-0.15, -0.1) is 0 Å². The number of ether oxygens (including phenoxy) is 2. The molecule has 3 aromatic rings. The summed E-state index contributed by atoms with van der Waals surface area (Å²) < 4.78 is 11.2. The molecule has 40 heavy (non-hydrogen) atoms. The van der Waals surface area contributed by atoms with Crippen LogP contribution in [-0.4, -0.2) is 35.5 Å². The Morgan fingerprint density at radius 3 is 2.42 bits per heavy atom. The Kier molecular flexibility index (Phi) is 10.7. The van der Waals surface area contributed by atoms with E-state index in [0.717, 1.165) is 16.7 Å². The molecule has 212 valence electrons. The number of hydrogen-bond acceptors (Lipinski definition) is 7. The first-order chi connectivity index (χ1) is 19.1. The van der Waals surface area contributed by atoms with Crippen LogP contribution in [0.4, 0.5) is 11.4 Å². The summed E-state index contributed by atoms with van der Waals surface area (Å²) in [6.45, 7) is 8.00. The minimum absolute atomic E-state index is 0.0445. The summed E-state index contributed by atoms with van der Waals surface area (Å²) >= 11 is 0. The first-order valence-corrected chi connectivity index (χ1v) is 13.3. The van der Waals surface area contributed by atoms with Gasteiger partial charge in [0.05, 0.1) is 24.9 Å². The highest BCUT2D eigenvalue weighted by Crippen LogP contribution is 2.29. The molecule has 0 fully saturated rings. The second-order valence-electron chi connectivity index (χ2n) is 9.71. The van der Waals surface area contributed by atoms with Crippen molar-refractivity contribution in [3.63, 3.8) is 0 Å². The van der Waals surface area contributed by atoms with Gasteiger partial charge in [0.15, 0.2) is 0 Å². The van der Waals surface area contributed by atoms with Gasteiger partial charge in [-0.3, -0.25) is 15.0 Å². The van der Waals surface area contributed by atoms with Crippen LogP contribution in [0.25, 0.3) is 0 Å². The second-order valence-corrected chi connectivity index (χ2v) is 9.71. The zero-order valence-electron chi connectivity index (χ0n) is 23.5. The average Bonchev–Trinajstić information content (AvgIpc) is 2.91. The molecule has 0 saturated carbocycles. The molecule has 9 heteroatoms. The Morgan fingerprint density at radius 2 is 1.80 bits per heavy atom. The monoisotopic (exact) mass is 546 g/mol. The van der Waals surface area contributed by atoms with Crippen molar-refractivity contribution in [1.82, 2.24) is 0 Å². The van der Waals surface area contributed by atoms with Gasteiger partial charge in [-0.1, -0.05) is 17.7 Å². The maximum atomic E-state index is 13.3. The van der Waals surface area contributed by atoms with Crippen LogP contribution in [0.3, 0.4) is 0 Å². The molecule has 9 nitrogen and oxygen atoms in total. The van der Waals surface area contributed by atoms with E-state index in [0.29, 0.717) is 53.4 Å². The molecule has 0 spiro atoms. The summed E-state index contributed by atoms with van der Waals surface area (Å²) in [6.07, 6.45) is 0.489. The molecule has 3 aromatic carbocycles. The van der Waals surface area contributed by atoms with Crippen molar-refractivity contribution in [2.75, 3.05) is 17.2 Å². The maximum absolute atomic E-state index is 13.3. The Morgan fingerprint density at radius 1 is 1.07 bits per heavy atom. The number of aryl methyl sites for hydroxylation is 1. The molecule has 0 saturated heterocycles. The van der Waals surface area contributed by atoms with Gasteiger partial charge in [0, 0.05) is 29.9 Å². The summed E-state index contributed by atoms with van der Waals surface area (Å²) in [5.41, 5.74) is 11.1. The van der Waals surface area contributed by atoms with Gasteiger partial charge in [-0.05, 0) is 93.3 Å². The van der Waals surface area contributed by atoms with Crippen molar-refractivity contribution in [2.24, 2.45) is 5.73 Å². The van der Waals surface area contributed by atoms with E-state index >= 15 is 0 Å². The van der Waals surface area contributed by atoms with Crippen molar-refractivity contribution in [3.8, 4) is 5.75 Å². The molecular weight excluding hydrogens is 508 g/mol. The summed E-state index contributed by atoms with van der Waals surface area (Å²) in [7, 11) is 0. The molecule has 0 aliphatic rings. The number of carbonyl (C=O) groups excluding carboxylic acids is 2. The summed E-state index contributed by atoms with van der Waals surface area (Å²) in [5, 5.41) is 23.7. The van der Waals surface area contributed by atoms with Gasteiger partial charge >= 0.3 is 5.97 Å². The highest BCUT2D eigenvalue weighted by molar-refractivity contribution is 6.08. The molecule has 0 bridgehead atoms. The standard InChI is InChI=1S/C31H38N4O5/c1-5-39-29(37)13-11-25-23(15-21(18-36)16-28(25)40-19(2)3)17-34-27-12-6-20(4)14-26(27)31(38)35-24-9-7-22(8-10-24)30(32)33/h6-10,12,14-16,19,34,36H,5,11,13,17-18H2,1-4H3,(H3,32,33)(H,35,38). The molecule has 1 amide bonds. The number of aliphatic hydroxyl groups is 1. The summed E-state index contributed by atoms with van der Waals surface area (Å²) in [5.74, 6) is -0.0235. The Hall–Kier alpha value is -4.37. The van der Waals surface area contributed by atoms with E-state index in [1.165, 1.54) is 0 Å². The predicted molar refractivity (Wildman–Crippen MR) is 157 cm³/mol. The van der Waals surface area contributed by atoms with E-state index in [4.69, 9.17) is 20.6 Å². The van der Waals surface area contributed by atoms with E-state index in [1.54, 1.807) is 43.3 Å². The zero-order valence-corrected chi connectivity index (χ0v) is 23.5. The number of nitrogen functional groups attached to an aromatic ring is 1. The van der Waals surface area contributed by atoms with Crippen LogP contribution in [0.2, 0.25) is 0 Å². The Bertz CT molecular complexity index is 1350. The van der Waals surface area contributed by atoms with Crippen molar-refractivity contribution >= 4 is 29.1 Å². The number of carbonyl (C=O) groups is 2. The number of hydrogen-bond donors (Lipinski definition) is 5. The Balaban J connectivity index is 1.89. The Labute approximate surface area is 235 Å². The quantitative estimate of drug-likeness (QED) is 0.116. The lowest BCUT2D eigenvalue weighted by molar-refractivity contribution is -0.143. The summed E-state index contributed by atoms with van der Waals surface area (Å²) in [6, 6.07) is 16.0. The van der Waals surface area contributed by atoms with E-state index in [2.05, 4.69) is 10.6 Å². The van der Waals surface area contributed by atoms with Crippen LogP contribution in [0.5, 0.6) is 5.75 Å². The number of benzene rings is 3. The van der Waals surface area contributed by atoms with Crippen molar-refractivity contribution < 1.29 is 24.2 Å². The molecule has 0 aliphatic heterocycles. The van der Waals surface area contributed by atoms with E-state index < -0.39 is 0 Å². The smallest absolute Gasteiger partial charge is 0.306 e. The van der Waals surface area contributed by atoms with Gasteiger partial charge in [0.1, 0.15) is 11.6 Å². The number of rotatable bonds is 13. The first-order valence-electron chi connectivity index (χ1n) is 13.3. The first kappa shape index (κ1) is 30.2. The van der Waals surface area contributed by atoms with Crippen molar-refractivity contribution in [3.05, 3.63) is 88.0 Å². The normalized spacial score (nSPS) is 10.8. The SMILES string of the molecule is CCOC(=O)CCc1c(CNc2ccc(C)cc2C(=O)Nc2ccc(C(=N)N)cc2)cc(CO)cc1OC(C)C. The third-order valence-corrected chi connectivity index (χ3v) is 6.13. The molecule has 0 aliphatic carbocycles. The largest absolute Gasteiger partial charge is 0.491 e. The average molecular weight is 547 g/mol. The van der Waals surface area contributed by atoms with E-state index in [1.807, 2.05) is 39.0 Å². The fourth-order valence-electron chi connectivity index (χ4n) is 4.24. The number of aliphatic hydroxyl groups excluding tert-OH is 1. The topological polar surface area (TPSA) is 147 Å². The number of amidine groups is 1. The van der Waals surface area contributed by atoms with Crippen LogP contribution in [0.1, 0.15) is 65.4 Å². The lowest BCUT2D eigenvalue weighted by Crippen LogP contribution is -2.17. The molecule has 6 N–H and O–H groups in total. The molecule has 3 rings (SSSR count). The zero-order chi connectivity index (χ0) is 29.2. The number of nitrogens with one attached hydrogen (secondary N) is 3. The molecular formula is C31H38N4O5. The highest BCUT2D eigenvalue weighted by Gasteiger charge is 2.18. The highest BCUT2D eigenvalue weighted by atomic mass is 16.5. The van der Waals surface area contributed by atoms with Crippen molar-refractivity contribution in [1.29, 1.82) is 5.41 Å². The van der Waals surface area contributed by atoms with Gasteiger partial charge in [-0.25, -0.2) is 0 Å². The maximum Gasteiger partial charge on any atom is 0.306 e. The molecule has 0 aromatic heterocycles. The van der Waals surface area contributed by atoms with Gasteiger partial charge < -0.3 is 30.9 Å². The molecule has 0 radical (unpaired) electrons. The number of amides is 1. The molecule has 0 heterocycles. The third kappa shape index (κ3) is 8.31. The lowest BCUT2D eigenvalue weighted by atomic mass is 9.98. The number of esters is 1. The third-order valence-electron chi connectivity index (χ3n) is 6.13. The van der Waals surface area contributed by atoms with Crippen LogP contribution >= 0.6 is 0 Å². The van der Waals surface area contributed by atoms with Crippen molar-refractivity contribution in [2.45, 2.75) is 59.8 Å². The predicted octanol–water partition coefficient (Wildman–Crippen LogP) is 4.92. The molecule has 0 unspecified atom stereocenters. The lowest BCUT2D eigenvalue weighted by Gasteiger charge is -2.20. The van der Waals surface area contributed by atoms with Crippen LogP contribution in [0.15, 0.2) is 54.6 Å². The van der Waals surface area contributed by atoms with E-state index in [-0.39, 0.29) is 36.8 Å². The van der Waals surface area contributed by atoms with Gasteiger partial charge in [-0.2, -0.15) is 0 Å². The van der Waals surface area contributed by atoms with Gasteiger partial charge in [0.2, 0.25) is 0 Å². The minimum atomic E-state index is -0.294. The van der Waals surface area contributed by atoms with Crippen LogP contribution in [-0.2, 0) is 29.1 Å². The molecule has 0 atom stereocenters. The van der Waals surface area contributed by atoms with E-state index in [9.17, 15) is 14.7 Å². The van der Waals surface area contributed by atoms with Crippen LogP contribution < -0.4 is 21.1 Å². The minimum Gasteiger partial charge on any atom is -0.491 e. The number of anilines is 2. The summed E-state index contributed by atoms with van der Waals surface area (Å²) in [4.78, 5) is 25.4. The van der Waals surface area contributed by atoms with Gasteiger partial charge in [0.25, 0.3) is 5.91 Å². The van der Waals surface area contributed by atoms with Crippen LogP contribution in [0, 0.1) is 12.3 Å². The second kappa shape index (κ2) is 14.1. The fraction of sp³-hybridized carbons (Fsp3) is 0.323. The number of nitrogens with two attached hydrogens (primary N) is 1. The fourth-order valence-corrected chi connectivity index (χ4v) is 4.24.